The summed E-state index contributed by atoms with van der Waals surface area (Å²) in [5, 5.41) is 19.5. The molecule has 2 unspecified atom stereocenters. The van der Waals surface area contributed by atoms with Crippen LogP contribution in [-0.4, -0.2) is 11.6 Å². The molecule has 4 aliphatic carbocycles. The third kappa shape index (κ3) is 3.87. The summed E-state index contributed by atoms with van der Waals surface area (Å²) in [6.07, 6.45) is 13.7. The maximum Gasteiger partial charge on any atom is 0.178 e. The number of nitriles is 2. The van der Waals surface area contributed by atoms with E-state index in [1.807, 2.05) is 19.9 Å². The maximum absolute atomic E-state index is 14.5. The first kappa shape index (κ1) is 29.1. The molecule has 0 bridgehead atoms. The quantitative estimate of drug-likeness (QED) is 0.339. The number of unbranched alkanes of at least 4 members (excludes halogenated alkanes) is 1. The van der Waals surface area contributed by atoms with Gasteiger partial charge in [-0.3, -0.25) is 9.59 Å². The van der Waals surface area contributed by atoms with Crippen molar-refractivity contribution < 1.29 is 9.59 Å². The number of hydrogen-bond acceptors (Lipinski definition) is 4. The molecule has 0 aromatic carbocycles. The van der Waals surface area contributed by atoms with Gasteiger partial charge in [0.1, 0.15) is 11.9 Å². The zero-order chi connectivity index (χ0) is 28.1. The number of carbonyl (C=O) groups is 2. The summed E-state index contributed by atoms with van der Waals surface area (Å²) in [6, 6.07) is 4.66. The molecule has 38 heavy (non-hydrogen) atoms. The van der Waals surface area contributed by atoms with E-state index in [9.17, 15) is 20.1 Å². The SMILES string of the molecule is CCCC[C@]1(CCC#N)CC[C@]2(C)C(C(=O)C[C@@H]3[C@@]4(C)C=C(C#N)C(=O)C(C)(C)[C@@H]4CC[C@]32C)C1CCC. The average molecular weight is 519 g/mol. The van der Waals surface area contributed by atoms with Crippen LogP contribution in [0.15, 0.2) is 11.6 Å². The molecule has 4 rings (SSSR count). The number of Topliss-reactive ketones (excluding diaryl/α,β-unsaturated/α-hetero) is 2. The lowest BCUT2D eigenvalue weighted by Crippen LogP contribution is -2.68. The molecule has 3 fully saturated rings. The van der Waals surface area contributed by atoms with E-state index in [4.69, 9.17) is 0 Å². The minimum atomic E-state index is -0.597. The zero-order valence-electron chi connectivity index (χ0n) is 25.1. The second-order valence-corrected chi connectivity index (χ2v) is 14.7. The highest BCUT2D eigenvalue weighted by atomic mass is 16.1. The molecule has 4 aliphatic rings. The van der Waals surface area contributed by atoms with Crippen molar-refractivity contribution in [2.24, 2.45) is 50.7 Å². The minimum absolute atomic E-state index is 0.0313. The van der Waals surface area contributed by atoms with Crippen molar-refractivity contribution >= 4 is 11.6 Å². The van der Waals surface area contributed by atoms with Crippen molar-refractivity contribution in [3.05, 3.63) is 11.6 Å². The van der Waals surface area contributed by atoms with Crippen molar-refractivity contribution in [1.82, 2.24) is 0 Å². The second-order valence-electron chi connectivity index (χ2n) is 14.7. The fraction of sp³-hybridized carbons (Fsp3) is 0.824. The van der Waals surface area contributed by atoms with Gasteiger partial charge >= 0.3 is 0 Å². The molecule has 0 heterocycles. The Morgan fingerprint density at radius 1 is 0.921 bits per heavy atom. The van der Waals surface area contributed by atoms with Gasteiger partial charge in [-0.25, -0.2) is 0 Å². The molecule has 0 N–H and O–H groups in total. The predicted molar refractivity (Wildman–Crippen MR) is 151 cm³/mol. The fourth-order valence-corrected chi connectivity index (χ4v) is 10.9. The third-order valence-corrected chi connectivity index (χ3v) is 12.9. The van der Waals surface area contributed by atoms with Gasteiger partial charge in [0.05, 0.1) is 11.6 Å². The molecule has 8 atom stereocenters. The molecule has 4 heteroatoms. The normalized spacial score (nSPS) is 43.7. The lowest BCUT2D eigenvalue weighted by molar-refractivity contribution is -0.216. The van der Waals surface area contributed by atoms with Crippen LogP contribution in [0.25, 0.3) is 0 Å². The largest absolute Gasteiger partial charge is 0.299 e. The van der Waals surface area contributed by atoms with Gasteiger partial charge in [0.25, 0.3) is 0 Å². The van der Waals surface area contributed by atoms with E-state index in [0.29, 0.717) is 30.1 Å². The first-order valence-electron chi connectivity index (χ1n) is 15.4. The topological polar surface area (TPSA) is 81.7 Å². The molecule has 0 amide bonds. The van der Waals surface area contributed by atoms with Crippen LogP contribution < -0.4 is 0 Å². The maximum atomic E-state index is 14.5. The van der Waals surface area contributed by atoms with Gasteiger partial charge in [0, 0.05) is 24.2 Å². The van der Waals surface area contributed by atoms with Gasteiger partial charge in [-0.1, -0.05) is 73.8 Å². The smallest absolute Gasteiger partial charge is 0.178 e. The summed E-state index contributed by atoms with van der Waals surface area (Å²) in [5.41, 5.74) is -0.727. The van der Waals surface area contributed by atoms with Crippen LogP contribution in [-0.2, 0) is 9.59 Å². The summed E-state index contributed by atoms with van der Waals surface area (Å²) < 4.78 is 0. The van der Waals surface area contributed by atoms with Gasteiger partial charge in [0.15, 0.2) is 5.78 Å². The number of rotatable bonds is 7. The summed E-state index contributed by atoms with van der Waals surface area (Å²) in [6.45, 7) is 15.7. The molecule has 3 saturated carbocycles. The first-order chi connectivity index (χ1) is 17.8. The van der Waals surface area contributed by atoms with E-state index in [1.165, 1.54) is 0 Å². The summed E-state index contributed by atoms with van der Waals surface area (Å²) in [7, 11) is 0. The fourth-order valence-electron chi connectivity index (χ4n) is 10.9. The Bertz CT molecular complexity index is 1090. The van der Waals surface area contributed by atoms with E-state index >= 15 is 0 Å². The Balaban J connectivity index is 1.83. The Labute approximate surface area is 231 Å². The van der Waals surface area contributed by atoms with Crippen molar-refractivity contribution in [3.8, 4) is 12.1 Å². The van der Waals surface area contributed by atoms with Crippen molar-refractivity contribution in [2.45, 2.75) is 126 Å². The number of fused-ring (bicyclic) bond motifs is 5. The second kappa shape index (κ2) is 9.91. The van der Waals surface area contributed by atoms with E-state index in [0.717, 1.165) is 64.2 Å². The number of nitrogens with zero attached hydrogens (tertiary/aromatic N) is 2. The van der Waals surface area contributed by atoms with Gasteiger partial charge in [-0.2, -0.15) is 10.5 Å². The summed E-state index contributed by atoms with van der Waals surface area (Å²) in [4.78, 5) is 27.8. The highest BCUT2D eigenvalue weighted by molar-refractivity contribution is 6.04. The predicted octanol–water partition coefficient (Wildman–Crippen LogP) is 8.37. The molecule has 0 radical (unpaired) electrons. The van der Waals surface area contributed by atoms with E-state index in [-0.39, 0.29) is 45.2 Å². The number of carbonyl (C=O) groups excluding carboxylic acids is 2. The van der Waals surface area contributed by atoms with Crippen molar-refractivity contribution in [3.63, 3.8) is 0 Å². The molecule has 0 aromatic rings. The molecule has 4 nitrogen and oxygen atoms in total. The average Bonchev–Trinajstić information content (AvgIpc) is 2.87. The van der Waals surface area contributed by atoms with Gasteiger partial charge in [-0.15, -0.1) is 0 Å². The number of hydrogen-bond donors (Lipinski definition) is 0. The Morgan fingerprint density at radius 2 is 1.63 bits per heavy atom. The van der Waals surface area contributed by atoms with Crippen molar-refractivity contribution in [1.29, 1.82) is 10.5 Å². The molecule has 208 valence electrons. The molecule has 0 aliphatic heterocycles. The molecular weight excluding hydrogens is 468 g/mol. The molecule has 0 saturated heterocycles. The molecule has 0 aromatic heterocycles. The van der Waals surface area contributed by atoms with Crippen LogP contribution >= 0.6 is 0 Å². The third-order valence-electron chi connectivity index (χ3n) is 12.9. The minimum Gasteiger partial charge on any atom is -0.299 e. The monoisotopic (exact) mass is 518 g/mol. The summed E-state index contributed by atoms with van der Waals surface area (Å²) >= 11 is 0. The zero-order valence-corrected chi connectivity index (χ0v) is 25.1. The van der Waals surface area contributed by atoms with Crippen LogP contribution in [0.2, 0.25) is 0 Å². The highest BCUT2D eigenvalue weighted by Gasteiger charge is 2.71. The van der Waals surface area contributed by atoms with Crippen LogP contribution in [0.5, 0.6) is 0 Å². The first-order valence-corrected chi connectivity index (χ1v) is 15.4. The molecular formula is C34H50N2O2. The summed E-state index contributed by atoms with van der Waals surface area (Å²) in [5.74, 6) is 1.01. The Hall–Kier alpha value is -1.94. The number of ketones is 2. The van der Waals surface area contributed by atoms with E-state index in [1.54, 1.807) is 0 Å². The van der Waals surface area contributed by atoms with Gasteiger partial charge < -0.3 is 0 Å². The Kier molecular flexibility index (Phi) is 7.58. The van der Waals surface area contributed by atoms with Crippen molar-refractivity contribution in [2.75, 3.05) is 0 Å². The molecule has 0 spiro atoms. The lowest BCUT2D eigenvalue weighted by atomic mass is 9.32. The standard InChI is InChI=1S/C34H50N2O2/c1-8-10-14-34(15-11-19-35)18-17-33(7)28(24(34)12-9-2)25(37)20-27-31(5)21-23(22-36)29(38)30(3,4)26(31)13-16-32(27,33)6/h21,24,26-28H,8-18,20H2,1-7H3/t24?,26-,27+,28?,31-,32+,33+,34-/m0/s1. The van der Waals surface area contributed by atoms with Crippen LogP contribution in [0.1, 0.15) is 126 Å². The number of allylic oxidation sites excluding steroid dienone is 2. The van der Waals surface area contributed by atoms with Crippen LogP contribution in [0.3, 0.4) is 0 Å². The Morgan fingerprint density at radius 3 is 2.24 bits per heavy atom. The van der Waals surface area contributed by atoms with E-state index < -0.39 is 5.41 Å². The van der Waals surface area contributed by atoms with Crippen LogP contribution in [0.4, 0.5) is 0 Å². The van der Waals surface area contributed by atoms with Gasteiger partial charge in [0.2, 0.25) is 0 Å². The highest BCUT2D eigenvalue weighted by Crippen LogP contribution is 2.75. The van der Waals surface area contributed by atoms with Crippen LogP contribution in [0, 0.1) is 73.4 Å². The van der Waals surface area contributed by atoms with E-state index in [2.05, 4.69) is 46.8 Å². The lowest BCUT2D eigenvalue weighted by Gasteiger charge is -2.71. The van der Waals surface area contributed by atoms with Gasteiger partial charge in [-0.05, 0) is 84.4 Å².